The molecule has 118 valence electrons. The van der Waals surface area contributed by atoms with Crippen LogP contribution in [0.1, 0.15) is 69.4 Å². The zero-order valence-electron chi connectivity index (χ0n) is 13.1. The summed E-state index contributed by atoms with van der Waals surface area (Å²) in [4.78, 5) is 4.84. The van der Waals surface area contributed by atoms with E-state index in [2.05, 4.69) is 10.7 Å². The number of ether oxygens (including phenoxy) is 1. The predicted octanol–water partition coefficient (Wildman–Crippen LogP) is 4.81. The smallest absolute Gasteiger partial charge is 0.182 e. The minimum absolute atomic E-state index is 0.476. The molecular formula is C17H28N2OS. The highest BCUT2D eigenvalue weighted by Crippen LogP contribution is 2.35. The lowest BCUT2D eigenvalue weighted by Gasteiger charge is -2.26. The molecule has 0 aromatic carbocycles. The number of methoxy groups -OCH3 is 1. The molecule has 1 heterocycles. The Hall–Kier alpha value is -0.610. The fraction of sp³-hybridized carbons (Fsp3) is 0.824. The van der Waals surface area contributed by atoms with E-state index in [-0.39, 0.29) is 0 Å². The monoisotopic (exact) mass is 308 g/mol. The van der Waals surface area contributed by atoms with Crippen molar-refractivity contribution in [2.75, 3.05) is 19.0 Å². The van der Waals surface area contributed by atoms with Crippen LogP contribution in [0.3, 0.4) is 0 Å². The zero-order valence-corrected chi connectivity index (χ0v) is 14.0. The molecule has 3 nitrogen and oxygen atoms in total. The van der Waals surface area contributed by atoms with Crippen molar-refractivity contribution in [3.05, 3.63) is 11.1 Å². The average Bonchev–Trinajstić information content (AvgIpc) is 3.03. The highest BCUT2D eigenvalue weighted by Gasteiger charge is 2.24. The van der Waals surface area contributed by atoms with Gasteiger partial charge in [-0.25, -0.2) is 4.98 Å². The normalized spacial score (nSPS) is 27.7. The molecule has 0 bridgehead atoms. The number of hydrogen-bond donors (Lipinski definition) is 1. The molecule has 0 amide bonds. The van der Waals surface area contributed by atoms with E-state index in [0.717, 1.165) is 17.6 Å². The van der Waals surface area contributed by atoms with E-state index in [4.69, 9.17) is 9.72 Å². The van der Waals surface area contributed by atoms with Crippen molar-refractivity contribution in [3.63, 3.8) is 0 Å². The first-order valence-electron chi connectivity index (χ1n) is 8.57. The van der Waals surface area contributed by atoms with E-state index in [9.17, 15) is 0 Å². The second kappa shape index (κ2) is 7.59. The molecule has 2 aliphatic rings. The SMILES string of the molecule is COC1CCC(c2csc(NCC3CCCCC3)n2)CC1. The van der Waals surface area contributed by atoms with Crippen molar-refractivity contribution in [3.8, 4) is 0 Å². The highest BCUT2D eigenvalue weighted by atomic mass is 32.1. The van der Waals surface area contributed by atoms with E-state index < -0.39 is 0 Å². The number of anilines is 1. The number of aromatic nitrogens is 1. The van der Waals surface area contributed by atoms with E-state index in [0.29, 0.717) is 12.0 Å². The topological polar surface area (TPSA) is 34.1 Å². The number of hydrogen-bond acceptors (Lipinski definition) is 4. The van der Waals surface area contributed by atoms with Gasteiger partial charge in [-0.2, -0.15) is 0 Å². The zero-order chi connectivity index (χ0) is 14.5. The summed E-state index contributed by atoms with van der Waals surface area (Å²) in [5.41, 5.74) is 1.31. The van der Waals surface area contributed by atoms with Gasteiger partial charge in [0.25, 0.3) is 0 Å². The van der Waals surface area contributed by atoms with Gasteiger partial charge in [0.15, 0.2) is 5.13 Å². The van der Waals surface area contributed by atoms with Gasteiger partial charge in [0, 0.05) is 25.0 Å². The highest BCUT2D eigenvalue weighted by molar-refractivity contribution is 7.13. The van der Waals surface area contributed by atoms with Crippen LogP contribution in [0.5, 0.6) is 0 Å². The summed E-state index contributed by atoms with van der Waals surface area (Å²) in [5, 5.41) is 6.97. The van der Waals surface area contributed by atoms with Crippen LogP contribution in [0.15, 0.2) is 5.38 Å². The first kappa shape index (κ1) is 15.3. The van der Waals surface area contributed by atoms with E-state index in [1.54, 1.807) is 11.3 Å². The molecule has 1 N–H and O–H groups in total. The molecular weight excluding hydrogens is 280 g/mol. The summed E-state index contributed by atoms with van der Waals surface area (Å²) >= 11 is 1.78. The van der Waals surface area contributed by atoms with Gasteiger partial charge in [0.2, 0.25) is 0 Å². The van der Waals surface area contributed by atoms with Gasteiger partial charge in [0.1, 0.15) is 0 Å². The van der Waals surface area contributed by atoms with Crippen LogP contribution in [0.4, 0.5) is 5.13 Å². The fourth-order valence-corrected chi connectivity index (χ4v) is 4.57. The Labute approximate surface area is 132 Å². The van der Waals surface area contributed by atoms with Gasteiger partial charge < -0.3 is 10.1 Å². The Kier molecular flexibility index (Phi) is 5.53. The largest absolute Gasteiger partial charge is 0.381 e. The van der Waals surface area contributed by atoms with Crippen molar-refractivity contribution in [2.24, 2.45) is 5.92 Å². The average molecular weight is 308 g/mol. The number of nitrogens with zero attached hydrogens (tertiary/aromatic N) is 1. The quantitative estimate of drug-likeness (QED) is 0.847. The summed E-state index contributed by atoms with van der Waals surface area (Å²) in [7, 11) is 1.83. The standard InChI is InChI=1S/C17H28N2OS/c1-20-15-9-7-14(8-10-15)16-12-21-17(19-16)18-11-13-5-3-2-4-6-13/h12-15H,2-11H2,1H3,(H,18,19). The summed E-state index contributed by atoms with van der Waals surface area (Å²) in [6.45, 7) is 1.11. The van der Waals surface area contributed by atoms with Crippen molar-refractivity contribution in [1.29, 1.82) is 0 Å². The van der Waals surface area contributed by atoms with Crippen molar-refractivity contribution < 1.29 is 4.74 Å². The predicted molar refractivity (Wildman–Crippen MR) is 89.2 cm³/mol. The van der Waals surface area contributed by atoms with Crippen LogP contribution in [-0.2, 0) is 4.74 Å². The summed E-state index contributed by atoms with van der Waals surface area (Å²) in [5.74, 6) is 1.51. The number of rotatable bonds is 5. The molecule has 2 saturated carbocycles. The van der Waals surface area contributed by atoms with Crippen molar-refractivity contribution >= 4 is 16.5 Å². The minimum Gasteiger partial charge on any atom is -0.381 e. The second-order valence-corrected chi connectivity index (χ2v) is 7.53. The third kappa shape index (κ3) is 4.19. The molecule has 1 aromatic heterocycles. The first-order valence-corrected chi connectivity index (χ1v) is 9.45. The molecule has 3 rings (SSSR count). The van der Waals surface area contributed by atoms with E-state index >= 15 is 0 Å². The van der Waals surface area contributed by atoms with Gasteiger partial charge in [-0.3, -0.25) is 0 Å². The molecule has 2 fully saturated rings. The maximum absolute atomic E-state index is 5.46. The Balaban J connectivity index is 1.47. The summed E-state index contributed by atoms with van der Waals surface area (Å²) < 4.78 is 5.46. The van der Waals surface area contributed by atoms with Crippen LogP contribution >= 0.6 is 11.3 Å². The molecule has 21 heavy (non-hydrogen) atoms. The third-order valence-corrected chi connectivity index (χ3v) is 6.03. The fourth-order valence-electron chi connectivity index (χ4n) is 3.77. The van der Waals surface area contributed by atoms with Gasteiger partial charge in [-0.15, -0.1) is 11.3 Å². The first-order chi connectivity index (χ1) is 10.3. The van der Waals surface area contributed by atoms with Crippen molar-refractivity contribution in [2.45, 2.75) is 69.8 Å². The summed E-state index contributed by atoms with van der Waals surface area (Å²) in [6.07, 6.45) is 12.3. The Bertz CT molecular complexity index is 420. The summed E-state index contributed by atoms with van der Waals surface area (Å²) in [6, 6.07) is 0. The minimum atomic E-state index is 0.476. The molecule has 0 spiro atoms. The van der Waals surface area contributed by atoms with Crippen LogP contribution in [0.2, 0.25) is 0 Å². The van der Waals surface area contributed by atoms with E-state index in [1.165, 1.54) is 63.5 Å². The van der Waals surface area contributed by atoms with Crippen LogP contribution < -0.4 is 5.32 Å². The lowest BCUT2D eigenvalue weighted by atomic mass is 9.86. The lowest BCUT2D eigenvalue weighted by molar-refractivity contribution is 0.0656. The molecule has 4 heteroatoms. The molecule has 0 unspecified atom stereocenters. The molecule has 0 saturated heterocycles. The Morgan fingerprint density at radius 3 is 2.62 bits per heavy atom. The van der Waals surface area contributed by atoms with E-state index in [1.807, 2.05) is 7.11 Å². The van der Waals surface area contributed by atoms with Gasteiger partial charge in [-0.05, 0) is 44.4 Å². The molecule has 0 radical (unpaired) electrons. The van der Waals surface area contributed by atoms with Crippen LogP contribution in [-0.4, -0.2) is 24.7 Å². The Morgan fingerprint density at radius 2 is 1.90 bits per heavy atom. The van der Waals surface area contributed by atoms with Gasteiger partial charge in [-0.1, -0.05) is 19.3 Å². The molecule has 0 atom stereocenters. The van der Waals surface area contributed by atoms with Crippen LogP contribution in [0.25, 0.3) is 0 Å². The maximum atomic E-state index is 5.46. The second-order valence-electron chi connectivity index (χ2n) is 6.67. The Morgan fingerprint density at radius 1 is 1.14 bits per heavy atom. The lowest BCUT2D eigenvalue weighted by Crippen LogP contribution is -2.19. The van der Waals surface area contributed by atoms with Crippen LogP contribution in [0, 0.1) is 5.92 Å². The van der Waals surface area contributed by atoms with Gasteiger partial charge in [0.05, 0.1) is 11.8 Å². The molecule has 2 aliphatic carbocycles. The third-order valence-electron chi connectivity index (χ3n) is 5.21. The number of nitrogens with one attached hydrogen (secondary N) is 1. The molecule has 0 aliphatic heterocycles. The molecule has 1 aromatic rings. The van der Waals surface area contributed by atoms with Crippen molar-refractivity contribution in [1.82, 2.24) is 4.98 Å². The maximum Gasteiger partial charge on any atom is 0.182 e. The number of thiazole rings is 1. The van der Waals surface area contributed by atoms with Gasteiger partial charge >= 0.3 is 0 Å².